The molecule has 1 heterocycles. The number of carbonyl (C=O) groups is 1. The van der Waals surface area contributed by atoms with Gasteiger partial charge >= 0.3 is 0 Å². The highest BCUT2D eigenvalue weighted by molar-refractivity contribution is 5.77. The highest BCUT2D eigenvalue weighted by Gasteiger charge is 2.29. The number of hydrogen-bond donors (Lipinski definition) is 3. The summed E-state index contributed by atoms with van der Waals surface area (Å²) < 4.78 is 5.20. The Balaban J connectivity index is 1.55. The summed E-state index contributed by atoms with van der Waals surface area (Å²) in [5.41, 5.74) is -0.699. The summed E-state index contributed by atoms with van der Waals surface area (Å²) in [6.45, 7) is 2.76. The minimum absolute atomic E-state index is 0.0209. The number of aliphatic hydroxyl groups is 1. The third kappa shape index (κ3) is 4.61. The number of nitrogens with one attached hydrogen (secondary N) is 2. The van der Waals surface area contributed by atoms with Gasteiger partial charge in [0, 0.05) is 39.1 Å². The van der Waals surface area contributed by atoms with Crippen LogP contribution in [0.4, 0.5) is 0 Å². The molecule has 0 bridgehead atoms. The first-order valence-corrected chi connectivity index (χ1v) is 6.45. The van der Waals surface area contributed by atoms with Crippen molar-refractivity contribution >= 4 is 5.91 Å². The molecule has 1 aliphatic heterocycles. The van der Waals surface area contributed by atoms with Gasteiger partial charge in [0.1, 0.15) is 0 Å². The van der Waals surface area contributed by atoms with E-state index in [1.807, 2.05) is 0 Å². The van der Waals surface area contributed by atoms with Crippen LogP contribution in [0.1, 0.15) is 25.7 Å². The summed E-state index contributed by atoms with van der Waals surface area (Å²) >= 11 is 0. The van der Waals surface area contributed by atoms with Crippen molar-refractivity contribution in [2.45, 2.75) is 31.3 Å². The van der Waals surface area contributed by atoms with Gasteiger partial charge in [0.15, 0.2) is 0 Å². The second kappa shape index (κ2) is 5.80. The Kier molecular flexibility index (Phi) is 4.36. The normalized spacial score (nSPS) is 23.4. The molecule has 0 radical (unpaired) electrons. The van der Waals surface area contributed by atoms with E-state index in [2.05, 4.69) is 10.6 Å². The van der Waals surface area contributed by atoms with E-state index in [0.717, 1.165) is 6.54 Å². The van der Waals surface area contributed by atoms with Gasteiger partial charge in [-0.3, -0.25) is 4.79 Å². The molecule has 1 aliphatic carbocycles. The molecule has 17 heavy (non-hydrogen) atoms. The lowest BCUT2D eigenvalue weighted by atomic mass is 9.94. The lowest BCUT2D eigenvalue weighted by Crippen LogP contribution is -2.47. The van der Waals surface area contributed by atoms with E-state index in [9.17, 15) is 9.90 Å². The molecule has 5 nitrogen and oxygen atoms in total. The third-order valence-corrected chi connectivity index (χ3v) is 3.45. The van der Waals surface area contributed by atoms with Crippen LogP contribution in [0.5, 0.6) is 0 Å². The molecular weight excluding hydrogens is 220 g/mol. The molecule has 2 rings (SSSR count). The van der Waals surface area contributed by atoms with Crippen molar-refractivity contribution in [2.75, 3.05) is 32.8 Å². The highest BCUT2D eigenvalue weighted by Crippen LogP contribution is 2.27. The molecule has 0 spiro atoms. The molecule has 0 aromatic heterocycles. The summed E-state index contributed by atoms with van der Waals surface area (Å²) in [6.07, 6.45) is 3.77. The Bertz CT molecular complexity index is 260. The smallest absolute Gasteiger partial charge is 0.233 e. The van der Waals surface area contributed by atoms with Gasteiger partial charge in [-0.05, 0) is 18.8 Å². The highest BCUT2D eigenvalue weighted by atomic mass is 16.5. The van der Waals surface area contributed by atoms with Crippen molar-refractivity contribution in [3.63, 3.8) is 0 Å². The fraction of sp³-hybridized carbons (Fsp3) is 0.917. The molecule has 2 aliphatic rings. The van der Waals surface area contributed by atoms with Crippen molar-refractivity contribution in [3.05, 3.63) is 0 Å². The zero-order valence-corrected chi connectivity index (χ0v) is 10.2. The average Bonchev–Trinajstić information content (AvgIpc) is 3.11. The van der Waals surface area contributed by atoms with Crippen LogP contribution in [0, 0.1) is 5.92 Å². The molecular formula is C12H22N2O3. The minimum Gasteiger partial charge on any atom is -0.388 e. The lowest BCUT2D eigenvalue weighted by molar-refractivity contribution is -0.120. The van der Waals surface area contributed by atoms with Crippen molar-refractivity contribution < 1.29 is 14.6 Å². The van der Waals surface area contributed by atoms with Gasteiger partial charge in [0.05, 0.1) is 12.1 Å². The van der Waals surface area contributed by atoms with Crippen LogP contribution >= 0.6 is 0 Å². The Morgan fingerprint density at radius 1 is 1.35 bits per heavy atom. The number of rotatable bonds is 6. The summed E-state index contributed by atoms with van der Waals surface area (Å²) in [6, 6.07) is 0. The summed E-state index contributed by atoms with van der Waals surface area (Å²) in [5, 5.41) is 16.0. The molecule has 1 amide bonds. The maximum atomic E-state index is 11.4. The van der Waals surface area contributed by atoms with Crippen LogP contribution < -0.4 is 10.6 Å². The van der Waals surface area contributed by atoms with Gasteiger partial charge in [0.2, 0.25) is 5.91 Å². The Hall–Kier alpha value is -0.650. The minimum atomic E-state index is -0.699. The summed E-state index contributed by atoms with van der Waals surface area (Å²) in [4.78, 5) is 11.4. The maximum absolute atomic E-state index is 11.4. The summed E-state index contributed by atoms with van der Waals surface area (Å²) in [5.74, 6) is 0.728. The number of amides is 1. The van der Waals surface area contributed by atoms with Gasteiger partial charge in [-0.25, -0.2) is 0 Å². The first kappa shape index (κ1) is 12.8. The van der Waals surface area contributed by atoms with E-state index < -0.39 is 5.60 Å². The van der Waals surface area contributed by atoms with Crippen LogP contribution in [0.15, 0.2) is 0 Å². The number of hydrogen-bond acceptors (Lipinski definition) is 4. The molecule has 2 fully saturated rings. The quantitative estimate of drug-likeness (QED) is 0.595. The fourth-order valence-electron chi connectivity index (χ4n) is 1.98. The van der Waals surface area contributed by atoms with E-state index in [1.165, 1.54) is 12.8 Å². The first-order chi connectivity index (χ1) is 8.18. The first-order valence-electron chi connectivity index (χ1n) is 6.45. The number of ether oxygens (including phenoxy) is 1. The molecule has 0 atom stereocenters. The summed E-state index contributed by atoms with van der Waals surface area (Å²) in [7, 11) is 0. The van der Waals surface area contributed by atoms with Crippen molar-refractivity contribution in [3.8, 4) is 0 Å². The largest absolute Gasteiger partial charge is 0.388 e. The lowest BCUT2D eigenvalue weighted by Gasteiger charge is -2.32. The van der Waals surface area contributed by atoms with Crippen molar-refractivity contribution in [1.29, 1.82) is 0 Å². The van der Waals surface area contributed by atoms with Crippen LogP contribution in [0.25, 0.3) is 0 Å². The van der Waals surface area contributed by atoms with Gasteiger partial charge in [0.25, 0.3) is 0 Å². The molecule has 5 heteroatoms. The zero-order chi connectivity index (χ0) is 12.1. The van der Waals surface area contributed by atoms with Crippen LogP contribution in [-0.2, 0) is 9.53 Å². The second-order valence-electron chi connectivity index (χ2n) is 5.19. The van der Waals surface area contributed by atoms with E-state index in [-0.39, 0.29) is 12.5 Å². The fourth-order valence-corrected chi connectivity index (χ4v) is 1.98. The van der Waals surface area contributed by atoms with E-state index in [1.54, 1.807) is 0 Å². The van der Waals surface area contributed by atoms with Crippen LogP contribution in [0.2, 0.25) is 0 Å². The SMILES string of the molecule is O=C(CNCC1(O)CCOCC1)NCC1CC1. The van der Waals surface area contributed by atoms with Crippen LogP contribution in [0.3, 0.4) is 0 Å². The van der Waals surface area contributed by atoms with Gasteiger partial charge < -0.3 is 20.5 Å². The van der Waals surface area contributed by atoms with Crippen molar-refractivity contribution in [2.24, 2.45) is 5.92 Å². The average molecular weight is 242 g/mol. The maximum Gasteiger partial charge on any atom is 0.233 e. The molecule has 0 unspecified atom stereocenters. The predicted octanol–water partition coefficient (Wildman–Crippen LogP) is -0.356. The molecule has 3 N–H and O–H groups in total. The van der Waals surface area contributed by atoms with E-state index in [0.29, 0.717) is 38.5 Å². The van der Waals surface area contributed by atoms with Crippen LogP contribution in [-0.4, -0.2) is 49.5 Å². The van der Waals surface area contributed by atoms with Gasteiger partial charge in [-0.1, -0.05) is 0 Å². The standard InChI is InChI=1S/C12H22N2O3/c15-11(14-7-10-1-2-10)8-13-9-12(16)3-5-17-6-4-12/h10,13,16H,1-9H2,(H,14,15). The third-order valence-electron chi connectivity index (χ3n) is 3.45. The molecule has 98 valence electrons. The molecule has 0 aromatic carbocycles. The molecule has 1 saturated heterocycles. The molecule has 1 saturated carbocycles. The van der Waals surface area contributed by atoms with E-state index in [4.69, 9.17) is 4.74 Å². The number of carbonyl (C=O) groups excluding carboxylic acids is 1. The zero-order valence-electron chi connectivity index (χ0n) is 10.2. The Morgan fingerprint density at radius 3 is 2.71 bits per heavy atom. The Labute approximate surface area is 102 Å². The second-order valence-corrected chi connectivity index (χ2v) is 5.19. The topological polar surface area (TPSA) is 70.6 Å². The Morgan fingerprint density at radius 2 is 2.06 bits per heavy atom. The predicted molar refractivity (Wildman–Crippen MR) is 63.6 cm³/mol. The van der Waals surface area contributed by atoms with Gasteiger partial charge in [-0.2, -0.15) is 0 Å². The van der Waals surface area contributed by atoms with Crippen molar-refractivity contribution in [1.82, 2.24) is 10.6 Å². The van der Waals surface area contributed by atoms with E-state index >= 15 is 0 Å². The monoisotopic (exact) mass is 242 g/mol. The molecule has 0 aromatic rings. The van der Waals surface area contributed by atoms with Gasteiger partial charge in [-0.15, -0.1) is 0 Å².